The van der Waals surface area contributed by atoms with Crippen LogP contribution in [0.2, 0.25) is 0 Å². The van der Waals surface area contributed by atoms with Crippen LogP contribution in [0.25, 0.3) is 11.1 Å². The Labute approximate surface area is 256 Å². The highest BCUT2D eigenvalue weighted by Gasteiger charge is 2.42. The topological polar surface area (TPSA) is 288 Å². The number of hydrogen-bond acceptors (Lipinski definition) is 11. The lowest BCUT2D eigenvalue weighted by molar-refractivity contribution is -0.570. The van der Waals surface area contributed by atoms with Crippen molar-refractivity contribution in [2.75, 3.05) is 30.4 Å². The molecular weight excluding hydrogens is 666 g/mol. The van der Waals surface area contributed by atoms with Gasteiger partial charge in [0.1, 0.15) is 30.2 Å². The Kier molecular flexibility index (Phi) is 11.0. The average molecular weight is 695 g/mol. The van der Waals surface area contributed by atoms with Crippen LogP contribution in [0.1, 0.15) is 17.0 Å². The number of amides is 2. The largest absolute Gasteiger partial charge is 0.480 e. The van der Waals surface area contributed by atoms with Gasteiger partial charge in [-0.05, 0) is 22.3 Å². The Morgan fingerprint density at radius 1 is 0.778 bits per heavy atom. The molecule has 0 saturated heterocycles. The number of hydrogen-bond donors (Lipinski definition) is 6. The summed E-state index contributed by atoms with van der Waals surface area (Å²) in [7, 11) is -15.1. The number of fused-ring (bicyclic) bond motifs is 3. The first-order valence-electron chi connectivity index (χ1n) is 12.7. The number of carboxylic acids is 1. The van der Waals surface area contributed by atoms with E-state index in [1.807, 2.05) is 41.7 Å². The monoisotopic (exact) mass is 694 g/mol. The molecule has 6 N–H and O–H groups in total. The number of carbonyl (C=O) groups excluding carboxylic acids is 2. The van der Waals surface area contributed by atoms with E-state index in [0.717, 1.165) is 22.3 Å². The van der Waals surface area contributed by atoms with E-state index < -0.39 is 101 Å². The predicted octanol–water partition coefficient (Wildman–Crippen LogP) is -0.726. The predicted molar refractivity (Wildman–Crippen MR) is 153 cm³/mol. The molecule has 1 aliphatic carbocycles. The molecule has 2 amide bonds. The number of ether oxygens (including phenoxy) is 1. The number of aliphatic carboxylic acids is 1. The quantitative estimate of drug-likeness (QED) is 0.0990. The molecule has 18 nitrogen and oxygen atoms in total. The van der Waals surface area contributed by atoms with Crippen LogP contribution in [0.5, 0.6) is 0 Å². The fourth-order valence-electron chi connectivity index (χ4n) is 4.69. The average Bonchev–Trinajstić information content (AvgIpc) is 3.21. The van der Waals surface area contributed by atoms with E-state index in [1.165, 1.54) is 5.32 Å². The summed E-state index contributed by atoms with van der Waals surface area (Å²) in [5.41, 5.74) is 3.47. The van der Waals surface area contributed by atoms with E-state index in [0.29, 0.717) is 0 Å². The van der Waals surface area contributed by atoms with Crippen LogP contribution in [0.4, 0.5) is 4.79 Å². The van der Waals surface area contributed by atoms with Gasteiger partial charge >= 0.3 is 12.1 Å². The molecule has 0 radical (unpaired) electrons. The minimum absolute atomic E-state index is 0.252. The lowest BCUT2D eigenvalue weighted by Gasteiger charge is -2.18. The number of benzene rings is 2. The molecule has 2 aromatic carbocycles. The molecule has 3 atom stereocenters. The van der Waals surface area contributed by atoms with Crippen molar-refractivity contribution in [3.8, 4) is 11.1 Å². The molecule has 1 aliphatic rings. The van der Waals surface area contributed by atoms with Crippen molar-refractivity contribution in [3.63, 3.8) is 0 Å². The first kappa shape index (κ1) is 35.5. The zero-order valence-electron chi connectivity index (χ0n) is 22.9. The van der Waals surface area contributed by atoms with E-state index in [4.69, 9.17) is 14.4 Å². The van der Waals surface area contributed by atoms with Gasteiger partial charge in [0.25, 0.3) is 42.3 Å². The van der Waals surface area contributed by atoms with Gasteiger partial charge < -0.3 is 20.5 Å². The van der Waals surface area contributed by atoms with Crippen molar-refractivity contribution < 1.29 is 67.9 Å². The molecule has 3 rings (SSSR count). The van der Waals surface area contributed by atoms with Crippen molar-refractivity contribution >= 4 is 48.3 Å². The maximum atomic E-state index is 12.9. The molecule has 0 fully saturated rings. The number of nitrogens with zero attached hydrogens (tertiary/aromatic N) is 1. The second kappa shape index (κ2) is 14.0. The number of alkyl carbamates (subject to hydrolysis) is 1. The molecule has 0 spiro atoms. The van der Waals surface area contributed by atoms with Gasteiger partial charge in [0.05, 0.1) is 0 Å². The Balaban J connectivity index is 1.77. The van der Waals surface area contributed by atoms with Crippen LogP contribution in [0, 0.1) is 4.91 Å². The SMILES string of the molecule is O=C(NC(C[N+](=O)C(CS(=O)(=O)O)C(=O)NC(CS(=O)(=O)O)C(=O)O)CS(=O)(=O)O)OCC1c2ccccc2-c2ccccc21. The fourth-order valence-corrected chi connectivity index (χ4v) is 6.75. The smallest absolute Gasteiger partial charge is 0.407 e. The fraction of sp³-hybridized carbons (Fsp3) is 0.375. The lowest BCUT2D eigenvalue weighted by atomic mass is 9.98. The zero-order chi connectivity index (χ0) is 33.7. The van der Waals surface area contributed by atoms with Gasteiger partial charge in [-0.2, -0.15) is 25.3 Å². The van der Waals surface area contributed by atoms with Crippen LogP contribution in [0.15, 0.2) is 48.5 Å². The van der Waals surface area contributed by atoms with Crippen molar-refractivity contribution in [1.29, 1.82) is 0 Å². The van der Waals surface area contributed by atoms with E-state index in [2.05, 4.69) is 0 Å². The lowest BCUT2D eigenvalue weighted by Crippen LogP contribution is -2.55. The molecule has 3 unspecified atom stereocenters. The van der Waals surface area contributed by atoms with Crippen LogP contribution >= 0.6 is 0 Å². The third kappa shape index (κ3) is 10.5. The first-order valence-corrected chi connectivity index (χ1v) is 17.5. The molecule has 45 heavy (non-hydrogen) atoms. The van der Waals surface area contributed by atoms with E-state index in [9.17, 15) is 53.6 Å². The molecule has 0 aromatic heterocycles. The molecule has 0 saturated carbocycles. The van der Waals surface area contributed by atoms with Crippen LogP contribution < -0.4 is 10.6 Å². The van der Waals surface area contributed by atoms with Gasteiger partial charge in [0, 0.05) is 15.6 Å². The molecule has 246 valence electrons. The van der Waals surface area contributed by atoms with Crippen molar-refractivity contribution in [3.05, 3.63) is 64.6 Å². The molecule has 0 bridgehead atoms. The highest BCUT2D eigenvalue weighted by Crippen LogP contribution is 2.44. The standard InChI is InChI=1S/C24H27N3O15S3/c28-22(26-20(23(29)30)12-44(36,37)38)21(13-45(39,40)41)27(32)9-14(11-43(33,34)35)25-24(31)42-10-19-17-7-3-1-5-15(17)16-6-2-4-8-18(16)19/h1-8,14,19-21H,9-13H2,(H5-,25,26,28,29,30,31,33,34,35,36,37,38,39,40,41)/p+1. The summed E-state index contributed by atoms with van der Waals surface area (Å²) in [5.74, 6) is -8.80. The van der Waals surface area contributed by atoms with Crippen LogP contribution in [-0.4, -0.2) is 115 Å². The van der Waals surface area contributed by atoms with Crippen molar-refractivity contribution in [1.82, 2.24) is 10.6 Å². The summed E-state index contributed by atoms with van der Waals surface area (Å²) in [6.07, 6.45) is -1.27. The van der Waals surface area contributed by atoms with Gasteiger partial charge in [-0.3, -0.25) is 18.5 Å². The van der Waals surface area contributed by atoms with Crippen LogP contribution in [-0.2, 0) is 44.7 Å². The van der Waals surface area contributed by atoms with E-state index in [1.54, 1.807) is 12.1 Å². The molecule has 0 heterocycles. The van der Waals surface area contributed by atoms with Crippen LogP contribution in [0.3, 0.4) is 0 Å². The summed E-state index contributed by atoms with van der Waals surface area (Å²) in [6, 6.07) is 7.84. The summed E-state index contributed by atoms with van der Waals surface area (Å²) in [6.45, 7) is -1.49. The summed E-state index contributed by atoms with van der Waals surface area (Å²) in [4.78, 5) is 49.6. The van der Waals surface area contributed by atoms with Crippen molar-refractivity contribution in [2.24, 2.45) is 0 Å². The minimum atomic E-state index is -5.16. The zero-order valence-corrected chi connectivity index (χ0v) is 25.4. The Morgan fingerprint density at radius 3 is 1.73 bits per heavy atom. The second-order valence-electron chi connectivity index (χ2n) is 9.93. The Morgan fingerprint density at radius 2 is 1.27 bits per heavy atom. The minimum Gasteiger partial charge on any atom is -0.480 e. The summed E-state index contributed by atoms with van der Waals surface area (Å²) >= 11 is 0. The van der Waals surface area contributed by atoms with Crippen molar-refractivity contribution in [2.45, 2.75) is 24.0 Å². The normalized spacial score (nSPS) is 15.2. The highest BCUT2D eigenvalue weighted by atomic mass is 32.2. The maximum absolute atomic E-state index is 12.9. The Hall–Kier alpha value is -4.02. The number of carbonyl (C=O) groups is 3. The van der Waals surface area contributed by atoms with Gasteiger partial charge in [-0.25, -0.2) is 9.59 Å². The third-order valence-corrected chi connectivity index (χ3v) is 8.80. The van der Waals surface area contributed by atoms with Gasteiger partial charge in [-0.15, -0.1) is 0 Å². The molecule has 21 heteroatoms. The first-order chi connectivity index (χ1) is 20.7. The Bertz CT molecular complexity index is 1770. The summed E-state index contributed by atoms with van der Waals surface area (Å²) < 4.78 is 101. The number of nitroso groups, excluding NO2 is 1. The van der Waals surface area contributed by atoms with E-state index in [-0.39, 0.29) is 6.61 Å². The van der Waals surface area contributed by atoms with Gasteiger partial charge in [0.15, 0.2) is 5.75 Å². The number of carboxylic acid groups (broad SMARTS) is 1. The third-order valence-electron chi connectivity index (χ3n) is 6.49. The highest BCUT2D eigenvalue weighted by molar-refractivity contribution is 7.86. The van der Waals surface area contributed by atoms with Gasteiger partial charge in [0.2, 0.25) is 6.54 Å². The molecule has 2 aromatic rings. The summed E-state index contributed by atoms with van der Waals surface area (Å²) in [5, 5.41) is 12.7. The van der Waals surface area contributed by atoms with E-state index >= 15 is 0 Å². The number of rotatable bonds is 15. The second-order valence-corrected chi connectivity index (χ2v) is 14.4. The number of nitrogens with one attached hydrogen (secondary N) is 2. The molecule has 0 aliphatic heterocycles. The molecular formula is C24H28N3O15S3+. The van der Waals surface area contributed by atoms with Gasteiger partial charge in [-0.1, -0.05) is 48.5 Å². The maximum Gasteiger partial charge on any atom is 0.407 e.